The first kappa shape index (κ1) is 18.0. The Labute approximate surface area is 143 Å². The van der Waals surface area contributed by atoms with Crippen molar-refractivity contribution in [3.05, 3.63) is 59.2 Å². The molecule has 128 valence electrons. The van der Waals surface area contributed by atoms with Gasteiger partial charge in [0.1, 0.15) is 0 Å². The van der Waals surface area contributed by atoms with Crippen molar-refractivity contribution in [1.82, 2.24) is 5.32 Å². The number of nitrogens with one attached hydrogen (secondary N) is 1. The smallest absolute Gasteiger partial charge is 0.264 e. The summed E-state index contributed by atoms with van der Waals surface area (Å²) in [6, 6.07) is 11.7. The number of carbonyl (C=O) groups is 1. The molecule has 0 heterocycles. The number of sulfonamides is 1. The summed E-state index contributed by atoms with van der Waals surface area (Å²) in [4.78, 5) is 12.1. The molecule has 2 rings (SSSR count). The molecule has 0 spiro atoms. The van der Waals surface area contributed by atoms with Gasteiger partial charge in [0, 0.05) is 19.2 Å². The van der Waals surface area contributed by atoms with Crippen molar-refractivity contribution < 1.29 is 13.2 Å². The Morgan fingerprint density at radius 1 is 1.08 bits per heavy atom. The second-order valence-electron chi connectivity index (χ2n) is 5.65. The maximum absolute atomic E-state index is 12.8. The Balaban J connectivity index is 2.37. The number of carbonyl (C=O) groups excluding carboxylic acids is 1. The fourth-order valence-corrected chi connectivity index (χ4v) is 3.67. The highest BCUT2D eigenvalue weighted by Gasteiger charge is 2.22. The minimum absolute atomic E-state index is 0.170. The van der Waals surface area contributed by atoms with Crippen LogP contribution in [0.4, 0.5) is 5.69 Å². The zero-order valence-electron chi connectivity index (χ0n) is 14.3. The Bertz CT molecular complexity index is 843. The molecule has 0 aliphatic rings. The van der Waals surface area contributed by atoms with Gasteiger partial charge in [-0.2, -0.15) is 0 Å². The van der Waals surface area contributed by atoms with Crippen molar-refractivity contribution in [3.8, 4) is 0 Å². The van der Waals surface area contributed by atoms with E-state index in [0.29, 0.717) is 17.8 Å². The number of amides is 1. The first-order valence-electron chi connectivity index (χ1n) is 7.72. The third-order valence-electron chi connectivity index (χ3n) is 3.81. The summed E-state index contributed by atoms with van der Waals surface area (Å²) in [6.45, 7) is 6.09. The summed E-state index contributed by atoms with van der Waals surface area (Å²) in [6.07, 6.45) is 0. The Morgan fingerprint density at radius 2 is 1.71 bits per heavy atom. The van der Waals surface area contributed by atoms with E-state index >= 15 is 0 Å². The highest BCUT2D eigenvalue weighted by atomic mass is 32.2. The van der Waals surface area contributed by atoms with Gasteiger partial charge in [0.05, 0.1) is 10.6 Å². The molecule has 0 saturated carbocycles. The van der Waals surface area contributed by atoms with Crippen molar-refractivity contribution >= 4 is 21.6 Å². The number of anilines is 1. The molecule has 0 aliphatic heterocycles. The normalized spacial score (nSPS) is 11.2. The predicted octanol–water partition coefficient (Wildman–Crippen LogP) is 2.88. The number of benzene rings is 2. The molecule has 0 fully saturated rings. The van der Waals surface area contributed by atoms with Crippen LogP contribution in [0, 0.1) is 13.8 Å². The van der Waals surface area contributed by atoms with Crippen LogP contribution in [0.25, 0.3) is 0 Å². The Hall–Kier alpha value is -2.34. The van der Waals surface area contributed by atoms with Gasteiger partial charge in [-0.25, -0.2) is 8.42 Å². The van der Waals surface area contributed by atoms with Crippen LogP contribution in [-0.2, 0) is 10.0 Å². The SMILES string of the molecule is CCNC(=O)c1ccc(N(C)S(=O)(=O)c2ccc(C)cc2)c(C)c1. The fourth-order valence-electron chi connectivity index (χ4n) is 2.41. The number of aryl methyl sites for hydroxylation is 2. The lowest BCUT2D eigenvalue weighted by Gasteiger charge is -2.22. The lowest BCUT2D eigenvalue weighted by Crippen LogP contribution is -2.27. The molecule has 0 unspecified atom stereocenters. The monoisotopic (exact) mass is 346 g/mol. The molecule has 0 radical (unpaired) electrons. The molecule has 0 saturated heterocycles. The van der Waals surface area contributed by atoms with Crippen molar-refractivity contribution in [1.29, 1.82) is 0 Å². The molecule has 1 amide bonds. The zero-order valence-corrected chi connectivity index (χ0v) is 15.1. The van der Waals surface area contributed by atoms with Gasteiger partial charge in [0.15, 0.2) is 0 Å². The van der Waals surface area contributed by atoms with Crippen LogP contribution < -0.4 is 9.62 Å². The third-order valence-corrected chi connectivity index (χ3v) is 5.60. The zero-order chi connectivity index (χ0) is 17.9. The summed E-state index contributed by atoms with van der Waals surface area (Å²) >= 11 is 0. The summed E-state index contributed by atoms with van der Waals surface area (Å²) < 4.78 is 26.8. The van der Waals surface area contributed by atoms with Gasteiger partial charge in [-0.1, -0.05) is 17.7 Å². The second-order valence-corrected chi connectivity index (χ2v) is 7.62. The third kappa shape index (κ3) is 3.59. The number of hydrogen-bond donors (Lipinski definition) is 1. The van der Waals surface area contributed by atoms with Gasteiger partial charge in [0.25, 0.3) is 15.9 Å². The molecule has 0 atom stereocenters. The van der Waals surface area contributed by atoms with Crippen LogP contribution >= 0.6 is 0 Å². The maximum atomic E-state index is 12.8. The highest BCUT2D eigenvalue weighted by molar-refractivity contribution is 7.92. The minimum Gasteiger partial charge on any atom is -0.352 e. The standard InChI is InChI=1S/C18H22N2O3S/c1-5-19-18(21)15-8-11-17(14(3)12-15)20(4)24(22,23)16-9-6-13(2)7-10-16/h6-12H,5H2,1-4H3,(H,19,21). The average molecular weight is 346 g/mol. The van der Waals surface area contributed by atoms with Gasteiger partial charge < -0.3 is 5.32 Å². The molecule has 2 aromatic rings. The van der Waals surface area contributed by atoms with Crippen molar-refractivity contribution in [2.24, 2.45) is 0 Å². The van der Waals surface area contributed by atoms with Gasteiger partial charge in [-0.05, 0) is 56.7 Å². The van der Waals surface area contributed by atoms with Crippen molar-refractivity contribution in [3.63, 3.8) is 0 Å². The summed E-state index contributed by atoms with van der Waals surface area (Å²) in [5.41, 5.74) is 2.78. The van der Waals surface area contributed by atoms with E-state index in [9.17, 15) is 13.2 Å². The predicted molar refractivity (Wildman–Crippen MR) is 96.0 cm³/mol. The molecule has 0 aliphatic carbocycles. The molecule has 2 aromatic carbocycles. The Kier molecular flexibility index (Phi) is 5.29. The average Bonchev–Trinajstić information content (AvgIpc) is 2.54. The van der Waals surface area contributed by atoms with Gasteiger partial charge in [-0.3, -0.25) is 9.10 Å². The summed E-state index contributed by atoms with van der Waals surface area (Å²) in [5.74, 6) is -0.170. The van der Waals surface area contributed by atoms with E-state index in [1.807, 2.05) is 13.8 Å². The summed E-state index contributed by atoms with van der Waals surface area (Å²) in [7, 11) is -2.12. The highest BCUT2D eigenvalue weighted by Crippen LogP contribution is 2.26. The second kappa shape index (κ2) is 7.05. The number of nitrogens with zero attached hydrogens (tertiary/aromatic N) is 1. The molecule has 24 heavy (non-hydrogen) atoms. The molecular formula is C18H22N2O3S. The number of rotatable bonds is 5. The molecule has 1 N–H and O–H groups in total. The first-order chi connectivity index (χ1) is 11.3. The van der Waals surface area contributed by atoms with E-state index in [0.717, 1.165) is 11.1 Å². The van der Waals surface area contributed by atoms with Gasteiger partial charge in [-0.15, -0.1) is 0 Å². The topological polar surface area (TPSA) is 66.5 Å². The van der Waals surface area contributed by atoms with E-state index in [1.54, 1.807) is 49.4 Å². The summed E-state index contributed by atoms with van der Waals surface area (Å²) in [5, 5.41) is 2.73. The first-order valence-corrected chi connectivity index (χ1v) is 9.16. The quantitative estimate of drug-likeness (QED) is 0.905. The van der Waals surface area contributed by atoms with E-state index in [2.05, 4.69) is 5.32 Å². The van der Waals surface area contributed by atoms with Crippen LogP contribution in [0.2, 0.25) is 0 Å². The van der Waals surface area contributed by atoms with E-state index < -0.39 is 10.0 Å². The van der Waals surface area contributed by atoms with Crippen molar-refractivity contribution in [2.75, 3.05) is 17.9 Å². The molecule has 0 bridgehead atoms. The van der Waals surface area contributed by atoms with Crippen LogP contribution in [-0.4, -0.2) is 27.9 Å². The minimum atomic E-state index is -3.64. The van der Waals surface area contributed by atoms with E-state index in [1.165, 1.54) is 11.4 Å². The molecule has 0 aromatic heterocycles. The van der Waals surface area contributed by atoms with Gasteiger partial charge in [0.2, 0.25) is 0 Å². The molecule has 6 heteroatoms. The van der Waals surface area contributed by atoms with Crippen LogP contribution in [0.1, 0.15) is 28.4 Å². The van der Waals surface area contributed by atoms with Crippen molar-refractivity contribution in [2.45, 2.75) is 25.7 Å². The lowest BCUT2D eigenvalue weighted by molar-refractivity contribution is 0.0955. The fraction of sp³-hybridized carbons (Fsp3) is 0.278. The van der Waals surface area contributed by atoms with Crippen LogP contribution in [0.5, 0.6) is 0 Å². The van der Waals surface area contributed by atoms with E-state index in [-0.39, 0.29) is 10.8 Å². The van der Waals surface area contributed by atoms with Gasteiger partial charge >= 0.3 is 0 Å². The van der Waals surface area contributed by atoms with Crippen LogP contribution in [0.3, 0.4) is 0 Å². The largest absolute Gasteiger partial charge is 0.352 e. The lowest BCUT2D eigenvalue weighted by atomic mass is 10.1. The molecule has 5 nitrogen and oxygen atoms in total. The van der Waals surface area contributed by atoms with Crippen LogP contribution in [0.15, 0.2) is 47.4 Å². The number of hydrogen-bond acceptors (Lipinski definition) is 3. The molecular weight excluding hydrogens is 324 g/mol. The van der Waals surface area contributed by atoms with E-state index in [4.69, 9.17) is 0 Å². The maximum Gasteiger partial charge on any atom is 0.264 e. The Morgan fingerprint density at radius 3 is 2.25 bits per heavy atom.